The van der Waals surface area contributed by atoms with E-state index in [2.05, 4.69) is 25.8 Å². The summed E-state index contributed by atoms with van der Waals surface area (Å²) in [6.07, 6.45) is 3.94. The van der Waals surface area contributed by atoms with Gasteiger partial charge in [-0.2, -0.15) is 5.10 Å². The van der Waals surface area contributed by atoms with Crippen molar-refractivity contribution in [2.24, 2.45) is 5.92 Å². The van der Waals surface area contributed by atoms with Gasteiger partial charge in [0.05, 0.1) is 34.8 Å². The monoisotopic (exact) mass is 472 g/mol. The molecule has 1 unspecified atom stereocenters. The van der Waals surface area contributed by atoms with Crippen molar-refractivity contribution >= 4 is 45.8 Å². The zero-order valence-corrected chi connectivity index (χ0v) is 18.4. The summed E-state index contributed by atoms with van der Waals surface area (Å²) >= 11 is 6.48. The second-order valence-corrected chi connectivity index (χ2v) is 8.45. The minimum Gasteiger partial charge on any atom is -0.359 e. The van der Waals surface area contributed by atoms with Crippen LogP contribution < -0.4 is 10.6 Å². The van der Waals surface area contributed by atoms with Crippen LogP contribution in [0.1, 0.15) is 24.8 Å². The number of alkyl halides is 1. The highest BCUT2D eigenvalue weighted by Gasteiger charge is 2.43. The Morgan fingerprint density at radius 1 is 1.33 bits per heavy atom. The van der Waals surface area contributed by atoms with Crippen LogP contribution in [0.4, 0.5) is 14.6 Å². The van der Waals surface area contributed by atoms with Crippen molar-refractivity contribution in [2.75, 3.05) is 12.4 Å². The van der Waals surface area contributed by atoms with Gasteiger partial charge in [-0.15, -0.1) is 0 Å². The molecular weight excluding hydrogens is 454 g/mol. The van der Waals surface area contributed by atoms with E-state index in [1.165, 1.54) is 13.2 Å². The number of pyridine rings is 1. The first-order valence-electron chi connectivity index (χ1n) is 10.3. The summed E-state index contributed by atoms with van der Waals surface area (Å²) in [5.74, 6) is -2.59. The summed E-state index contributed by atoms with van der Waals surface area (Å²) < 4.78 is 30.2. The Kier molecular flexibility index (Phi) is 5.04. The van der Waals surface area contributed by atoms with Crippen molar-refractivity contribution in [3.63, 3.8) is 0 Å². The van der Waals surface area contributed by atoms with Gasteiger partial charge in [0.2, 0.25) is 11.8 Å². The van der Waals surface area contributed by atoms with Gasteiger partial charge >= 0.3 is 0 Å². The number of H-pyrrole nitrogens is 1. The molecule has 0 radical (unpaired) electrons. The predicted octanol–water partition coefficient (Wildman–Crippen LogP) is 3.82. The van der Waals surface area contributed by atoms with Crippen LogP contribution in [-0.2, 0) is 9.59 Å². The van der Waals surface area contributed by atoms with E-state index in [0.29, 0.717) is 27.7 Å². The molecule has 170 valence electrons. The van der Waals surface area contributed by atoms with Gasteiger partial charge in [-0.25, -0.2) is 13.8 Å². The lowest BCUT2D eigenvalue weighted by Crippen LogP contribution is -2.24. The van der Waals surface area contributed by atoms with Crippen LogP contribution in [0.3, 0.4) is 0 Å². The molecule has 3 N–H and O–H groups in total. The SMILES string of the molecule is CNC(=O)C(C)c1c(F)c(Cl)c(-c2ccc3nc(NC(=O)[C@@H]4C[C@@H]4F)cn3c2)c2cn[nH]c12. The maximum absolute atomic E-state index is 15.4. The van der Waals surface area contributed by atoms with Crippen molar-refractivity contribution in [1.82, 2.24) is 24.9 Å². The molecule has 1 aromatic carbocycles. The van der Waals surface area contributed by atoms with E-state index < -0.39 is 29.7 Å². The lowest BCUT2D eigenvalue weighted by molar-refractivity contribution is -0.121. The Morgan fingerprint density at radius 3 is 2.79 bits per heavy atom. The molecule has 8 nitrogen and oxygen atoms in total. The normalized spacial score (nSPS) is 18.5. The van der Waals surface area contributed by atoms with Gasteiger partial charge in [-0.3, -0.25) is 14.7 Å². The third-order valence-electron chi connectivity index (χ3n) is 5.94. The number of rotatable bonds is 5. The number of hydrogen-bond acceptors (Lipinski definition) is 4. The number of nitrogens with zero attached hydrogens (tertiary/aromatic N) is 3. The summed E-state index contributed by atoms with van der Waals surface area (Å²) in [5.41, 5.74) is 2.04. The van der Waals surface area contributed by atoms with Crippen LogP contribution in [0.5, 0.6) is 0 Å². The van der Waals surface area contributed by atoms with Gasteiger partial charge in [0.15, 0.2) is 5.82 Å². The quantitative estimate of drug-likeness (QED) is 0.411. The number of benzene rings is 1. The van der Waals surface area contributed by atoms with Crippen molar-refractivity contribution in [2.45, 2.75) is 25.4 Å². The highest BCUT2D eigenvalue weighted by molar-refractivity contribution is 6.35. The standard InChI is InChI=1S/C22H19ClF2N6O2/c1-9(21(32)26-2)16-19(25)18(23)17(12-6-27-30-20(12)16)10-3-4-15-28-14(8-31(15)7-10)29-22(33)11-5-13(11)24/h3-4,6-9,11,13H,5H2,1-2H3,(H,26,32)(H,27,30)(H,29,33)/t9?,11-,13+/m1/s1. The highest BCUT2D eigenvalue weighted by atomic mass is 35.5. The zero-order chi connectivity index (χ0) is 23.4. The summed E-state index contributed by atoms with van der Waals surface area (Å²) in [6.45, 7) is 1.59. The van der Waals surface area contributed by atoms with Gasteiger partial charge in [0.1, 0.15) is 17.6 Å². The fourth-order valence-electron chi connectivity index (χ4n) is 4.03. The van der Waals surface area contributed by atoms with Gasteiger partial charge in [-0.05, 0) is 25.5 Å². The van der Waals surface area contributed by atoms with E-state index in [9.17, 15) is 14.0 Å². The summed E-state index contributed by atoms with van der Waals surface area (Å²) in [4.78, 5) is 28.5. The fourth-order valence-corrected chi connectivity index (χ4v) is 4.34. The molecule has 5 rings (SSSR count). The van der Waals surface area contributed by atoms with Crippen molar-refractivity contribution in [1.29, 1.82) is 0 Å². The molecule has 0 bridgehead atoms. The summed E-state index contributed by atoms with van der Waals surface area (Å²) in [6, 6.07) is 3.42. The number of anilines is 1. The lowest BCUT2D eigenvalue weighted by Gasteiger charge is -2.16. The van der Waals surface area contributed by atoms with Crippen LogP contribution >= 0.6 is 11.6 Å². The van der Waals surface area contributed by atoms with Gasteiger partial charge in [0, 0.05) is 35.3 Å². The number of halogens is 3. The number of carbonyl (C=O) groups is 2. The van der Waals surface area contributed by atoms with E-state index in [4.69, 9.17) is 11.6 Å². The number of likely N-dealkylation sites (N-methyl/N-ethyl adjacent to an activating group) is 1. The predicted molar refractivity (Wildman–Crippen MR) is 119 cm³/mol. The Labute approximate surface area is 191 Å². The molecule has 3 atom stereocenters. The molecule has 1 aliphatic carbocycles. The Hall–Kier alpha value is -3.53. The van der Waals surface area contributed by atoms with Crippen molar-refractivity contribution in [3.05, 3.63) is 47.1 Å². The number of aromatic nitrogens is 4. The van der Waals surface area contributed by atoms with Crippen LogP contribution in [0.15, 0.2) is 30.7 Å². The van der Waals surface area contributed by atoms with Crippen molar-refractivity contribution in [3.8, 4) is 11.1 Å². The van der Waals surface area contributed by atoms with Gasteiger partial charge < -0.3 is 15.0 Å². The molecule has 33 heavy (non-hydrogen) atoms. The third-order valence-corrected chi connectivity index (χ3v) is 6.29. The van der Waals surface area contributed by atoms with E-state index in [-0.39, 0.29) is 28.7 Å². The molecule has 1 fully saturated rings. The molecule has 0 saturated heterocycles. The smallest absolute Gasteiger partial charge is 0.231 e. The second kappa shape index (κ2) is 7.80. The zero-order valence-electron chi connectivity index (χ0n) is 17.6. The van der Waals surface area contributed by atoms with E-state index in [1.807, 2.05) is 0 Å². The number of aromatic amines is 1. The minimum absolute atomic E-state index is 0.134. The molecule has 11 heteroatoms. The number of fused-ring (bicyclic) bond motifs is 2. The lowest BCUT2D eigenvalue weighted by atomic mass is 9.93. The van der Waals surface area contributed by atoms with Crippen LogP contribution in [0.2, 0.25) is 5.02 Å². The first-order chi connectivity index (χ1) is 15.8. The van der Waals surface area contributed by atoms with E-state index in [1.54, 1.807) is 35.9 Å². The first kappa shape index (κ1) is 21.3. The Morgan fingerprint density at radius 2 is 2.09 bits per heavy atom. The molecule has 3 heterocycles. The van der Waals surface area contributed by atoms with Crippen molar-refractivity contribution < 1.29 is 18.4 Å². The minimum atomic E-state index is -1.10. The number of amides is 2. The first-order valence-corrected chi connectivity index (χ1v) is 10.7. The van der Waals surface area contributed by atoms with Gasteiger partial charge in [-0.1, -0.05) is 11.6 Å². The molecule has 0 spiro atoms. The second-order valence-electron chi connectivity index (χ2n) is 8.07. The maximum Gasteiger partial charge on any atom is 0.231 e. The number of imidazole rings is 1. The van der Waals surface area contributed by atoms with E-state index in [0.717, 1.165) is 0 Å². The van der Waals surface area contributed by atoms with Crippen LogP contribution in [0, 0.1) is 11.7 Å². The summed E-state index contributed by atoms with van der Waals surface area (Å²) in [5, 5.41) is 12.4. The summed E-state index contributed by atoms with van der Waals surface area (Å²) in [7, 11) is 1.48. The largest absolute Gasteiger partial charge is 0.359 e. The molecule has 4 aromatic rings. The Balaban J connectivity index is 1.58. The van der Waals surface area contributed by atoms with Crippen LogP contribution in [0.25, 0.3) is 27.7 Å². The highest BCUT2D eigenvalue weighted by Crippen LogP contribution is 2.41. The van der Waals surface area contributed by atoms with Gasteiger partial charge in [0.25, 0.3) is 0 Å². The van der Waals surface area contributed by atoms with Crippen LogP contribution in [-0.4, -0.2) is 44.6 Å². The average Bonchev–Trinajstić information content (AvgIpc) is 3.17. The number of hydrogen-bond donors (Lipinski definition) is 3. The number of carbonyl (C=O) groups excluding carboxylic acids is 2. The molecule has 2 amide bonds. The number of nitrogens with one attached hydrogen (secondary N) is 3. The fraction of sp³-hybridized carbons (Fsp3) is 0.273. The maximum atomic E-state index is 15.4. The molecular formula is C22H19ClF2N6O2. The third kappa shape index (κ3) is 3.50. The van der Waals surface area contributed by atoms with E-state index >= 15 is 4.39 Å². The molecule has 3 aromatic heterocycles. The topological polar surface area (TPSA) is 104 Å². The molecule has 1 saturated carbocycles. The Bertz CT molecular complexity index is 1430. The molecule has 0 aliphatic heterocycles. The molecule has 1 aliphatic rings. The average molecular weight is 473 g/mol.